The van der Waals surface area contributed by atoms with Crippen molar-refractivity contribution in [1.82, 2.24) is 4.98 Å². The molecular formula is C18H27NO3S. The first-order chi connectivity index (χ1) is 11.1. The summed E-state index contributed by atoms with van der Waals surface area (Å²) < 4.78 is 5.54. The van der Waals surface area contributed by atoms with E-state index in [1.54, 1.807) is 0 Å². The highest BCUT2D eigenvalue weighted by atomic mass is 32.1. The summed E-state index contributed by atoms with van der Waals surface area (Å²) in [7, 11) is 0. The lowest BCUT2D eigenvalue weighted by Gasteiger charge is -2.09. The van der Waals surface area contributed by atoms with Crippen molar-refractivity contribution in [3.63, 3.8) is 0 Å². The van der Waals surface area contributed by atoms with Gasteiger partial charge in [-0.3, -0.25) is 0 Å². The van der Waals surface area contributed by atoms with Crippen LogP contribution in [0.2, 0.25) is 0 Å². The molecule has 2 rings (SSSR count). The third-order valence-electron chi connectivity index (χ3n) is 2.63. The molecule has 0 saturated carbocycles. The molecule has 1 heterocycles. The Balaban J connectivity index is 0.00000112. The molecule has 0 saturated heterocycles. The first-order valence-electron chi connectivity index (χ1n) is 8.02. The Labute approximate surface area is 143 Å². The summed E-state index contributed by atoms with van der Waals surface area (Å²) in [6.07, 6.45) is 0.474. The van der Waals surface area contributed by atoms with Gasteiger partial charge in [0.15, 0.2) is 0 Å². The zero-order chi connectivity index (χ0) is 17.8. The molecule has 0 unspecified atom stereocenters. The minimum absolute atomic E-state index is 0.309. The van der Waals surface area contributed by atoms with Gasteiger partial charge in [-0.1, -0.05) is 45.9 Å². The molecule has 0 bridgehead atoms. The largest absolute Gasteiger partial charge is 0.494 e. The van der Waals surface area contributed by atoms with Crippen molar-refractivity contribution in [1.29, 1.82) is 0 Å². The number of carboxylic acid groups (broad SMARTS) is 1. The molecule has 0 fully saturated rings. The van der Waals surface area contributed by atoms with Crippen LogP contribution < -0.4 is 4.74 Å². The summed E-state index contributed by atoms with van der Waals surface area (Å²) >= 11 is 1.21. The number of ether oxygens (including phenoxy) is 1. The highest BCUT2D eigenvalue weighted by Crippen LogP contribution is 2.25. The third-order valence-corrected chi connectivity index (χ3v) is 3.63. The Morgan fingerprint density at radius 2 is 1.83 bits per heavy atom. The fraction of sp³-hybridized carbons (Fsp3) is 0.444. The van der Waals surface area contributed by atoms with Crippen molar-refractivity contribution in [3.05, 3.63) is 45.4 Å². The molecule has 128 valence electrons. The van der Waals surface area contributed by atoms with E-state index in [2.05, 4.69) is 4.98 Å². The van der Waals surface area contributed by atoms with Gasteiger partial charge in [0.2, 0.25) is 0 Å². The van der Waals surface area contributed by atoms with Crippen molar-refractivity contribution < 1.29 is 14.6 Å². The van der Waals surface area contributed by atoms with Gasteiger partial charge in [0, 0.05) is 12.0 Å². The Bertz CT molecular complexity index is 594. The lowest BCUT2D eigenvalue weighted by molar-refractivity contribution is 0.0701. The van der Waals surface area contributed by atoms with E-state index in [4.69, 9.17) is 9.84 Å². The number of thiazole rings is 1. The van der Waals surface area contributed by atoms with Gasteiger partial charge in [0.05, 0.1) is 17.3 Å². The normalized spacial score (nSPS) is 9.13. The van der Waals surface area contributed by atoms with E-state index in [1.807, 2.05) is 65.8 Å². The van der Waals surface area contributed by atoms with Crippen LogP contribution in [0.1, 0.15) is 60.6 Å². The Morgan fingerprint density at radius 1 is 1.22 bits per heavy atom. The van der Waals surface area contributed by atoms with Crippen LogP contribution in [0.15, 0.2) is 24.3 Å². The van der Waals surface area contributed by atoms with Gasteiger partial charge in [0.25, 0.3) is 0 Å². The summed E-state index contributed by atoms with van der Waals surface area (Å²) in [6, 6.07) is 7.64. The molecule has 5 heteroatoms. The number of aryl methyl sites for hydroxylation is 1. The van der Waals surface area contributed by atoms with Gasteiger partial charge in [-0.2, -0.15) is 0 Å². The minimum Gasteiger partial charge on any atom is -0.494 e. The van der Waals surface area contributed by atoms with Gasteiger partial charge in [-0.15, -0.1) is 11.3 Å². The van der Waals surface area contributed by atoms with Crippen molar-refractivity contribution >= 4 is 17.3 Å². The van der Waals surface area contributed by atoms with Gasteiger partial charge in [-0.05, 0) is 19.9 Å². The van der Waals surface area contributed by atoms with Gasteiger partial charge in [-0.25, -0.2) is 9.78 Å². The van der Waals surface area contributed by atoms with Gasteiger partial charge < -0.3 is 9.84 Å². The average Bonchev–Trinajstić information content (AvgIpc) is 2.94. The van der Waals surface area contributed by atoms with Crippen LogP contribution in [0.3, 0.4) is 0 Å². The topological polar surface area (TPSA) is 59.4 Å². The summed E-state index contributed by atoms with van der Waals surface area (Å²) in [5.41, 5.74) is 1.55. The first kappa shape index (κ1) is 21.1. The third kappa shape index (κ3) is 6.40. The van der Waals surface area contributed by atoms with Crippen molar-refractivity contribution in [2.45, 2.75) is 48.0 Å². The van der Waals surface area contributed by atoms with E-state index in [1.165, 1.54) is 11.3 Å². The number of hydrogen-bond donors (Lipinski definition) is 1. The monoisotopic (exact) mass is 337 g/mol. The van der Waals surface area contributed by atoms with Crippen LogP contribution in [-0.4, -0.2) is 22.7 Å². The number of carboxylic acids is 1. The summed E-state index contributed by atoms with van der Waals surface area (Å²) in [5, 5.41) is 9.93. The smallest absolute Gasteiger partial charge is 0.347 e. The molecule has 0 aliphatic heterocycles. The number of rotatable bonds is 5. The highest BCUT2D eigenvalue weighted by Gasteiger charge is 2.17. The maximum absolute atomic E-state index is 11.2. The second kappa shape index (κ2) is 11.7. The van der Waals surface area contributed by atoms with Crippen LogP contribution in [0, 0.1) is 6.92 Å². The van der Waals surface area contributed by atoms with Crippen molar-refractivity contribution in [2.75, 3.05) is 6.61 Å². The number of aromatic nitrogens is 1. The van der Waals surface area contributed by atoms with Gasteiger partial charge >= 0.3 is 5.97 Å². The van der Waals surface area contributed by atoms with Crippen LogP contribution in [0.25, 0.3) is 0 Å². The lowest BCUT2D eigenvalue weighted by atomic mass is 10.1. The highest BCUT2D eigenvalue weighted by molar-refractivity contribution is 7.13. The second-order valence-corrected chi connectivity index (χ2v) is 5.23. The molecule has 0 amide bonds. The van der Waals surface area contributed by atoms with E-state index in [0.717, 1.165) is 16.3 Å². The summed E-state index contributed by atoms with van der Waals surface area (Å²) in [6.45, 7) is 12.3. The number of carbonyl (C=O) groups is 1. The molecular weight excluding hydrogens is 310 g/mol. The van der Waals surface area contributed by atoms with Crippen LogP contribution in [0.4, 0.5) is 0 Å². The number of nitrogens with zero attached hydrogens (tertiary/aromatic N) is 1. The molecule has 0 radical (unpaired) electrons. The quantitative estimate of drug-likeness (QED) is 0.815. The Hall–Kier alpha value is -1.88. The number of hydrogen-bond acceptors (Lipinski definition) is 4. The standard InChI is InChI=1S/C14H15NO3S.2C2H6/c1-3-18-12-7-5-4-6-10(12)8-11-13(14(16)17)19-9(2)15-11;2*1-2/h4-7H,3,8H2,1-2H3,(H,16,17);2*1-2H3. The molecule has 0 aliphatic rings. The van der Waals surface area contributed by atoms with E-state index in [9.17, 15) is 4.79 Å². The van der Waals surface area contributed by atoms with Crippen LogP contribution in [-0.2, 0) is 6.42 Å². The van der Waals surface area contributed by atoms with Crippen LogP contribution in [0.5, 0.6) is 5.75 Å². The molecule has 0 atom stereocenters. The van der Waals surface area contributed by atoms with Crippen molar-refractivity contribution in [2.24, 2.45) is 0 Å². The number of aromatic carboxylic acids is 1. The number of para-hydroxylation sites is 1. The molecule has 1 N–H and O–H groups in total. The Kier molecular flexibility index (Phi) is 10.7. The fourth-order valence-electron chi connectivity index (χ4n) is 1.88. The molecule has 23 heavy (non-hydrogen) atoms. The lowest BCUT2D eigenvalue weighted by Crippen LogP contribution is -2.02. The molecule has 0 spiro atoms. The summed E-state index contributed by atoms with van der Waals surface area (Å²) in [4.78, 5) is 15.8. The van der Waals surface area contributed by atoms with Crippen LogP contribution >= 0.6 is 11.3 Å². The molecule has 4 nitrogen and oxygen atoms in total. The van der Waals surface area contributed by atoms with E-state index in [0.29, 0.717) is 23.6 Å². The SMILES string of the molecule is CC.CC.CCOc1ccccc1Cc1nc(C)sc1C(=O)O. The Morgan fingerprint density at radius 3 is 2.39 bits per heavy atom. The second-order valence-electron chi connectivity index (χ2n) is 4.03. The van der Waals surface area contributed by atoms with Crippen molar-refractivity contribution in [3.8, 4) is 5.75 Å². The number of benzene rings is 1. The maximum atomic E-state index is 11.2. The zero-order valence-corrected chi connectivity index (χ0v) is 15.7. The fourth-order valence-corrected chi connectivity index (χ4v) is 2.66. The zero-order valence-electron chi connectivity index (χ0n) is 14.8. The molecule has 1 aromatic heterocycles. The van der Waals surface area contributed by atoms with E-state index in [-0.39, 0.29) is 0 Å². The first-order valence-corrected chi connectivity index (χ1v) is 8.83. The van der Waals surface area contributed by atoms with E-state index < -0.39 is 5.97 Å². The molecule has 0 aliphatic carbocycles. The summed E-state index contributed by atoms with van der Waals surface area (Å²) in [5.74, 6) is -0.138. The predicted molar refractivity (Wildman–Crippen MR) is 96.9 cm³/mol. The molecule has 1 aromatic carbocycles. The minimum atomic E-state index is -0.922. The van der Waals surface area contributed by atoms with E-state index >= 15 is 0 Å². The maximum Gasteiger partial charge on any atom is 0.347 e. The predicted octanol–water partition coefficient (Wildman–Crippen LogP) is 5.19. The average molecular weight is 337 g/mol. The van der Waals surface area contributed by atoms with Gasteiger partial charge in [0.1, 0.15) is 10.6 Å². The molecule has 2 aromatic rings.